The number of ketones is 1. The van der Waals surface area contributed by atoms with Crippen molar-refractivity contribution in [2.45, 2.75) is 25.4 Å². The van der Waals surface area contributed by atoms with E-state index < -0.39 is 17.4 Å². The highest BCUT2D eigenvalue weighted by Gasteiger charge is 2.41. The van der Waals surface area contributed by atoms with Crippen LogP contribution in [-0.4, -0.2) is 50.4 Å². The molecule has 0 atom stereocenters. The highest BCUT2D eigenvalue weighted by Crippen LogP contribution is 2.40. The van der Waals surface area contributed by atoms with E-state index in [1.165, 1.54) is 22.5 Å². The predicted molar refractivity (Wildman–Crippen MR) is 134 cm³/mol. The minimum Gasteiger partial charge on any atom is -0.503 e. The number of thiazole rings is 1. The van der Waals surface area contributed by atoms with Crippen LogP contribution in [0, 0.1) is 0 Å². The maximum absolute atomic E-state index is 13.5. The van der Waals surface area contributed by atoms with E-state index in [-0.39, 0.29) is 25.0 Å². The zero-order valence-corrected chi connectivity index (χ0v) is 20.2. The molecule has 0 saturated carbocycles. The number of allylic oxidation sites excluding steroid dienone is 1. The second kappa shape index (κ2) is 9.48. The van der Waals surface area contributed by atoms with Crippen molar-refractivity contribution in [1.82, 2.24) is 19.9 Å². The number of aliphatic hydroxyl groups excluding tert-OH is 1. The highest BCUT2D eigenvalue weighted by atomic mass is 32.1. The minimum absolute atomic E-state index is 0.0723. The monoisotopic (exact) mass is 486 g/mol. The number of aliphatic hydroxyl groups is 1. The number of aryl methyl sites for hydroxylation is 2. The van der Waals surface area contributed by atoms with Crippen molar-refractivity contribution in [3.8, 4) is 0 Å². The molecular formula is C27H26N4O3S. The first kappa shape index (κ1) is 23.0. The van der Waals surface area contributed by atoms with E-state index >= 15 is 0 Å². The number of hydrazine groups is 1. The topological polar surface area (TPSA) is 77.0 Å². The SMILES string of the molecule is C=CC(=O)/C(O)=C1/C(=O)N(Cc2nccs2)CN(C2c3ccccc3CCc3ccccc32)N1C. The maximum Gasteiger partial charge on any atom is 0.277 e. The van der Waals surface area contributed by atoms with Gasteiger partial charge in [-0.3, -0.25) is 14.6 Å². The zero-order chi connectivity index (χ0) is 24.5. The summed E-state index contributed by atoms with van der Waals surface area (Å²) in [6, 6.07) is 16.5. The fourth-order valence-electron chi connectivity index (χ4n) is 4.90. The summed E-state index contributed by atoms with van der Waals surface area (Å²) >= 11 is 1.46. The van der Waals surface area contributed by atoms with Crippen molar-refractivity contribution >= 4 is 23.0 Å². The molecule has 0 bridgehead atoms. The molecule has 0 radical (unpaired) electrons. The number of hydrogen-bond donors (Lipinski definition) is 1. The summed E-state index contributed by atoms with van der Waals surface area (Å²) < 4.78 is 0. The molecule has 8 heteroatoms. The number of carbonyl (C=O) groups is 2. The van der Waals surface area contributed by atoms with Crippen molar-refractivity contribution in [2.24, 2.45) is 0 Å². The summed E-state index contributed by atoms with van der Waals surface area (Å²) in [6.07, 6.45) is 4.53. The van der Waals surface area contributed by atoms with Crippen LogP contribution in [0.25, 0.3) is 0 Å². The number of benzene rings is 2. The molecule has 1 fully saturated rings. The number of aromatic nitrogens is 1. The first-order valence-electron chi connectivity index (χ1n) is 11.4. The molecule has 2 heterocycles. The Morgan fingerprint density at radius 1 is 1.14 bits per heavy atom. The van der Waals surface area contributed by atoms with E-state index in [1.807, 2.05) is 34.7 Å². The Morgan fingerprint density at radius 3 is 2.34 bits per heavy atom. The standard InChI is InChI=1S/C27H26N4O3S/c1-3-22(32)26(33)25-27(34)30(16-23-28-14-15-35-23)17-31(29(25)2)24-20-10-6-4-8-18(20)12-13-19-9-5-7-11-21(19)24/h3-11,14-15,24,33H,1,12-13,16-17H2,2H3/b26-25+. The summed E-state index contributed by atoms with van der Waals surface area (Å²) in [6.45, 7) is 4.02. The third kappa shape index (κ3) is 4.15. The summed E-state index contributed by atoms with van der Waals surface area (Å²) in [5, 5.41) is 17.1. The van der Waals surface area contributed by atoms with Crippen LogP contribution in [0.4, 0.5) is 0 Å². The van der Waals surface area contributed by atoms with Gasteiger partial charge in [0.25, 0.3) is 5.91 Å². The molecule has 1 saturated heterocycles. The maximum atomic E-state index is 13.5. The van der Waals surface area contributed by atoms with Gasteiger partial charge in [0, 0.05) is 18.6 Å². The molecule has 178 valence electrons. The van der Waals surface area contributed by atoms with Crippen molar-refractivity contribution < 1.29 is 14.7 Å². The fraction of sp³-hybridized carbons (Fsp3) is 0.222. The number of carbonyl (C=O) groups excluding carboxylic acids is 2. The average Bonchev–Trinajstić information content (AvgIpc) is 3.33. The number of hydrogen-bond acceptors (Lipinski definition) is 7. The van der Waals surface area contributed by atoms with E-state index in [1.54, 1.807) is 23.2 Å². The van der Waals surface area contributed by atoms with Gasteiger partial charge < -0.3 is 10.0 Å². The summed E-state index contributed by atoms with van der Waals surface area (Å²) in [4.78, 5) is 31.9. The van der Waals surface area contributed by atoms with E-state index in [2.05, 4.69) is 35.8 Å². The van der Waals surface area contributed by atoms with E-state index in [0.29, 0.717) is 0 Å². The molecular weight excluding hydrogens is 460 g/mol. The molecule has 1 aliphatic carbocycles. The lowest BCUT2D eigenvalue weighted by Crippen LogP contribution is -2.58. The summed E-state index contributed by atoms with van der Waals surface area (Å²) in [7, 11) is 1.72. The van der Waals surface area contributed by atoms with Crippen LogP contribution in [0.5, 0.6) is 0 Å². The second-order valence-corrected chi connectivity index (χ2v) is 9.58. The highest BCUT2D eigenvalue weighted by molar-refractivity contribution is 7.09. The van der Waals surface area contributed by atoms with Gasteiger partial charge in [0.05, 0.1) is 19.3 Å². The van der Waals surface area contributed by atoms with Crippen LogP contribution < -0.4 is 0 Å². The molecule has 3 aromatic rings. The normalized spacial score (nSPS) is 18.0. The van der Waals surface area contributed by atoms with Crippen molar-refractivity contribution in [1.29, 1.82) is 0 Å². The van der Waals surface area contributed by atoms with Gasteiger partial charge >= 0.3 is 0 Å². The molecule has 7 nitrogen and oxygen atoms in total. The summed E-state index contributed by atoms with van der Waals surface area (Å²) in [5.74, 6) is -1.74. The Hall–Kier alpha value is -3.75. The number of fused-ring (bicyclic) bond motifs is 2. The van der Waals surface area contributed by atoms with E-state index in [4.69, 9.17) is 0 Å². The predicted octanol–water partition coefficient (Wildman–Crippen LogP) is 4.00. The third-order valence-corrected chi connectivity index (χ3v) is 7.39. The summed E-state index contributed by atoms with van der Waals surface area (Å²) in [5.41, 5.74) is 4.69. The van der Waals surface area contributed by atoms with Gasteiger partial charge in [-0.15, -0.1) is 11.3 Å². The quantitative estimate of drug-likeness (QED) is 0.434. The van der Waals surface area contributed by atoms with Crippen LogP contribution in [-0.2, 0) is 29.0 Å². The largest absolute Gasteiger partial charge is 0.503 e. The van der Waals surface area contributed by atoms with Gasteiger partial charge in [0.15, 0.2) is 11.5 Å². The fourth-order valence-corrected chi connectivity index (χ4v) is 5.54. The van der Waals surface area contributed by atoms with E-state index in [0.717, 1.165) is 35.1 Å². The van der Waals surface area contributed by atoms with Crippen LogP contribution >= 0.6 is 11.3 Å². The van der Waals surface area contributed by atoms with Crippen LogP contribution in [0.2, 0.25) is 0 Å². The van der Waals surface area contributed by atoms with Crippen LogP contribution in [0.1, 0.15) is 33.3 Å². The molecule has 1 N–H and O–H groups in total. The lowest BCUT2D eigenvalue weighted by atomic mass is 9.94. The Labute approximate surface area is 208 Å². The smallest absolute Gasteiger partial charge is 0.277 e. The minimum atomic E-state index is -0.696. The second-order valence-electron chi connectivity index (χ2n) is 8.60. The molecule has 1 aliphatic heterocycles. The van der Waals surface area contributed by atoms with Gasteiger partial charge in [-0.05, 0) is 41.2 Å². The van der Waals surface area contributed by atoms with Crippen molar-refractivity contribution in [2.75, 3.05) is 13.7 Å². The van der Waals surface area contributed by atoms with E-state index in [9.17, 15) is 14.7 Å². The van der Waals surface area contributed by atoms with Crippen LogP contribution in [0.15, 0.2) is 84.2 Å². The van der Waals surface area contributed by atoms with Gasteiger partial charge in [0.2, 0.25) is 5.78 Å². The molecule has 5 rings (SSSR count). The van der Waals surface area contributed by atoms with Crippen molar-refractivity contribution in [3.63, 3.8) is 0 Å². The Bertz CT molecular complexity index is 1270. The number of rotatable bonds is 5. The van der Waals surface area contributed by atoms with Gasteiger partial charge in [0.1, 0.15) is 5.01 Å². The van der Waals surface area contributed by atoms with Gasteiger partial charge in [-0.2, -0.15) is 5.01 Å². The molecule has 1 aromatic heterocycles. The number of amides is 1. The van der Waals surface area contributed by atoms with Gasteiger partial charge in [-0.1, -0.05) is 55.1 Å². The Balaban J connectivity index is 1.67. The first-order valence-corrected chi connectivity index (χ1v) is 12.3. The van der Waals surface area contributed by atoms with Gasteiger partial charge in [-0.25, -0.2) is 4.98 Å². The van der Waals surface area contributed by atoms with Crippen molar-refractivity contribution in [3.05, 3.63) is 111 Å². The number of nitrogens with zero attached hydrogens (tertiary/aromatic N) is 4. The third-order valence-electron chi connectivity index (χ3n) is 6.63. The Kier molecular flexibility index (Phi) is 6.23. The Morgan fingerprint density at radius 2 is 1.77 bits per heavy atom. The molecule has 0 unspecified atom stereocenters. The lowest BCUT2D eigenvalue weighted by molar-refractivity contribution is -0.153. The van der Waals surface area contributed by atoms with Crippen LogP contribution in [0.3, 0.4) is 0 Å². The average molecular weight is 487 g/mol. The zero-order valence-electron chi connectivity index (χ0n) is 19.4. The molecule has 35 heavy (non-hydrogen) atoms. The molecule has 2 aliphatic rings. The molecule has 1 amide bonds. The molecule has 2 aromatic carbocycles. The number of likely N-dealkylation sites (N-methyl/N-ethyl adjacent to an activating group) is 1. The molecule has 0 spiro atoms. The first-order chi connectivity index (χ1) is 17.0. The lowest BCUT2D eigenvalue weighted by Gasteiger charge is -2.47.